The summed E-state index contributed by atoms with van der Waals surface area (Å²) in [5, 5.41) is 2.81. The number of ether oxygens (including phenoxy) is 1. The number of carbonyl (C=O) groups excluding carboxylic acids is 3. The highest BCUT2D eigenvalue weighted by atomic mass is 16.6. The molecule has 4 aliphatic rings. The fraction of sp³-hybridized carbons (Fsp3) is 0.481. The summed E-state index contributed by atoms with van der Waals surface area (Å²) >= 11 is 0. The van der Waals surface area contributed by atoms with Crippen LogP contribution in [0.15, 0.2) is 30.5 Å². The molecule has 3 saturated heterocycles. The Bertz CT molecular complexity index is 1250. The molecule has 10 heteroatoms. The van der Waals surface area contributed by atoms with Crippen LogP contribution in [0.3, 0.4) is 0 Å². The van der Waals surface area contributed by atoms with E-state index < -0.39 is 6.09 Å². The zero-order valence-electron chi connectivity index (χ0n) is 21.3. The van der Waals surface area contributed by atoms with E-state index in [1.165, 1.54) is 24.0 Å². The number of nitrogens with one attached hydrogen (secondary N) is 1. The summed E-state index contributed by atoms with van der Waals surface area (Å²) in [6.45, 7) is 7.79. The largest absolute Gasteiger partial charge is 0.447 e. The Morgan fingerprint density at radius 1 is 1.08 bits per heavy atom. The topological polar surface area (TPSA) is 98.3 Å². The van der Waals surface area contributed by atoms with E-state index in [0.29, 0.717) is 68.7 Å². The summed E-state index contributed by atoms with van der Waals surface area (Å²) in [4.78, 5) is 50.5. The van der Waals surface area contributed by atoms with Crippen molar-refractivity contribution in [3.63, 3.8) is 0 Å². The Balaban J connectivity index is 1.22. The first kappa shape index (κ1) is 23.6. The molecule has 1 saturated carbocycles. The molecule has 6 rings (SSSR count). The minimum atomic E-state index is -0.423. The fourth-order valence-electron chi connectivity index (χ4n) is 5.50. The molecule has 1 atom stereocenters. The van der Waals surface area contributed by atoms with Crippen LogP contribution in [0.1, 0.15) is 47.2 Å². The highest BCUT2D eigenvalue weighted by molar-refractivity contribution is 6.06. The van der Waals surface area contributed by atoms with Crippen LogP contribution in [-0.4, -0.2) is 79.8 Å². The number of piperazine rings is 1. The van der Waals surface area contributed by atoms with Crippen molar-refractivity contribution >= 4 is 35.2 Å². The lowest BCUT2D eigenvalue weighted by Gasteiger charge is -2.36. The minimum absolute atomic E-state index is 0.119. The number of carbonyl (C=O) groups is 3. The lowest BCUT2D eigenvalue weighted by atomic mass is 10.1. The van der Waals surface area contributed by atoms with Gasteiger partial charge in [0.05, 0.1) is 17.3 Å². The summed E-state index contributed by atoms with van der Waals surface area (Å²) in [7, 11) is 0. The summed E-state index contributed by atoms with van der Waals surface area (Å²) in [6.07, 6.45) is 4.09. The number of amides is 4. The van der Waals surface area contributed by atoms with Gasteiger partial charge in [0.2, 0.25) is 0 Å². The Morgan fingerprint density at radius 3 is 2.49 bits per heavy atom. The molecule has 2 aromatic rings. The van der Waals surface area contributed by atoms with E-state index in [9.17, 15) is 14.4 Å². The highest BCUT2D eigenvalue weighted by Crippen LogP contribution is 2.40. The van der Waals surface area contributed by atoms with Crippen molar-refractivity contribution in [2.45, 2.75) is 38.6 Å². The van der Waals surface area contributed by atoms with Crippen molar-refractivity contribution < 1.29 is 19.1 Å². The summed E-state index contributed by atoms with van der Waals surface area (Å²) in [5.41, 5.74) is 4.09. The van der Waals surface area contributed by atoms with E-state index in [4.69, 9.17) is 9.72 Å². The molecule has 0 radical (unpaired) electrons. The lowest BCUT2D eigenvalue weighted by molar-refractivity contribution is 0.0747. The van der Waals surface area contributed by atoms with Crippen molar-refractivity contribution in [2.24, 2.45) is 0 Å². The normalized spacial score (nSPS) is 21.9. The predicted molar refractivity (Wildman–Crippen MR) is 140 cm³/mol. The number of pyridine rings is 1. The van der Waals surface area contributed by atoms with Gasteiger partial charge in [0.1, 0.15) is 12.4 Å². The Labute approximate surface area is 216 Å². The first-order valence-electron chi connectivity index (χ1n) is 13.1. The van der Waals surface area contributed by atoms with Crippen molar-refractivity contribution in [3.05, 3.63) is 47.2 Å². The third-order valence-electron chi connectivity index (χ3n) is 7.71. The van der Waals surface area contributed by atoms with Gasteiger partial charge in [-0.1, -0.05) is 6.07 Å². The number of anilines is 3. The second-order valence-electron chi connectivity index (χ2n) is 10.3. The highest BCUT2D eigenvalue weighted by Gasteiger charge is 2.34. The van der Waals surface area contributed by atoms with Crippen LogP contribution in [0.25, 0.3) is 0 Å². The molecule has 3 aliphatic heterocycles. The minimum Gasteiger partial charge on any atom is -0.447 e. The monoisotopic (exact) mass is 504 g/mol. The van der Waals surface area contributed by atoms with Crippen LogP contribution in [0.4, 0.5) is 26.8 Å². The fourth-order valence-corrected chi connectivity index (χ4v) is 5.50. The summed E-state index contributed by atoms with van der Waals surface area (Å²) in [6, 6.07) is 7.13. The van der Waals surface area contributed by atoms with Gasteiger partial charge in [0, 0.05) is 51.2 Å². The molecule has 4 amide bonds. The molecule has 4 fully saturated rings. The van der Waals surface area contributed by atoms with E-state index in [1.807, 2.05) is 18.0 Å². The molecule has 1 aliphatic carbocycles. The number of rotatable bonds is 5. The van der Waals surface area contributed by atoms with Crippen LogP contribution < -0.4 is 20.0 Å². The number of cyclic esters (lactones) is 1. The van der Waals surface area contributed by atoms with Crippen molar-refractivity contribution in [3.8, 4) is 0 Å². The van der Waals surface area contributed by atoms with Gasteiger partial charge in [-0.15, -0.1) is 0 Å². The van der Waals surface area contributed by atoms with Gasteiger partial charge >= 0.3 is 12.1 Å². The van der Waals surface area contributed by atoms with E-state index in [0.717, 1.165) is 5.82 Å². The van der Waals surface area contributed by atoms with Gasteiger partial charge in [0.25, 0.3) is 5.91 Å². The number of aromatic nitrogens is 1. The lowest BCUT2D eigenvalue weighted by Crippen LogP contribution is -2.49. The number of nitrogens with zero attached hydrogens (tertiary/aromatic N) is 5. The van der Waals surface area contributed by atoms with Crippen LogP contribution in [0.5, 0.6) is 0 Å². The second kappa shape index (κ2) is 9.24. The van der Waals surface area contributed by atoms with Gasteiger partial charge in [-0.2, -0.15) is 0 Å². The molecule has 194 valence electrons. The molecule has 1 unspecified atom stereocenters. The van der Waals surface area contributed by atoms with Gasteiger partial charge in [-0.3, -0.25) is 14.6 Å². The van der Waals surface area contributed by atoms with Gasteiger partial charge < -0.3 is 19.9 Å². The number of benzene rings is 1. The van der Waals surface area contributed by atoms with Crippen molar-refractivity contribution in [1.82, 2.24) is 15.2 Å². The first-order chi connectivity index (χ1) is 17.9. The van der Waals surface area contributed by atoms with Crippen LogP contribution in [-0.2, 0) is 4.74 Å². The Hall–Kier alpha value is -3.82. The maximum absolute atomic E-state index is 13.7. The Morgan fingerprint density at radius 2 is 1.86 bits per heavy atom. The van der Waals surface area contributed by atoms with Gasteiger partial charge in [-0.05, 0) is 61.9 Å². The Kier molecular flexibility index (Phi) is 5.89. The van der Waals surface area contributed by atoms with E-state index in [-0.39, 0.29) is 18.0 Å². The molecular formula is C27H32N6O4. The number of hydrogen-bond donors (Lipinski definition) is 1. The molecule has 1 aromatic carbocycles. The molecule has 10 nitrogen and oxygen atoms in total. The second-order valence-corrected chi connectivity index (χ2v) is 10.3. The van der Waals surface area contributed by atoms with E-state index in [1.54, 1.807) is 28.0 Å². The average molecular weight is 505 g/mol. The summed E-state index contributed by atoms with van der Waals surface area (Å²) in [5.74, 6) is 1.54. The quantitative estimate of drug-likeness (QED) is 0.672. The number of hydrogen-bond acceptors (Lipinski definition) is 6. The molecular weight excluding hydrogens is 472 g/mol. The zero-order chi connectivity index (χ0) is 25.7. The molecule has 37 heavy (non-hydrogen) atoms. The zero-order valence-corrected chi connectivity index (χ0v) is 21.3. The predicted octanol–water partition coefficient (Wildman–Crippen LogP) is 3.10. The maximum atomic E-state index is 13.7. The molecule has 1 N–H and O–H groups in total. The van der Waals surface area contributed by atoms with Crippen LogP contribution >= 0.6 is 0 Å². The smallest absolute Gasteiger partial charge is 0.414 e. The average Bonchev–Trinajstić information content (AvgIpc) is 3.59. The summed E-state index contributed by atoms with van der Waals surface area (Å²) < 4.78 is 5.18. The van der Waals surface area contributed by atoms with Gasteiger partial charge in [0.15, 0.2) is 0 Å². The van der Waals surface area contributed by atoms with Crippen LogP contribution in [0.2, 0.25) is 0 Å². The molecule has 4 heterocycles. The third kappa shape index (κ3) is 4.34. The first-order valence-corrected chi connectivity index (χ1v) is 13.1. The number of aryl methyl sites for hydroxylation is 1. The van der Waals surface area contributed by atoms with Crippen LogP contribution in [0, 0.1) is 6.92 Å². The standard InChI is InChI=1S/C27H32N6O4/c1-17-13-20(19-3-4-19)15-29-24(17)30-9-11-31(12-10-30)25(34)22-6-5-21(33-18(2)16-37-27(33)36)14-23(22)32-8-7-28-26(32)35/h5-6,13-15,18-19H,3-4,7-12,16H2,1-2H3,(H,28,35). The maximum Gasteiger partial charge on any atom is 0.414 e. The van der Waals surface area contributed by atoms with Crippen molar-refractivity contribution in [1.29, 1.82) is 0 Å². The molecule has 0 bridgehead atoms. The third-order valence-corrected chi connectivity index (χ3v) is 7.71. The van der Waals surface area contributed by atoms with Gasteiger partial charge in [-0.25, -0.2) is 14.6 Å². The molecule has 0 spiro atoms. The SMILES string of the molecule is Cc1cc(C2CC2)cnc1N1CCN(C(=O)c2ccc(N3C(=O)OCC3C)cc2N2CCNC2=O)CC1. The van der Waals surface area contributed by atoms with E-state index >= 15 is 0 Å². The van der Waals surface area contributed by atoms with E-state index in [2.05, 4.69) is 23.2 Å². The molecule has 1 aromatic heterocycles. The van der Waals surface area contributed by atoms with Crippen molar-refractivity contribution in [2.75, 3.05) is 60.6 Å². The number of urea groups is 1.